The molecule has 0 radical (unpaired) electrons. The van der Waals surface area contributed by atoms with E-state index in [9.17, 15) is 9.90 Å². The maximum absolute atomic E-state index is 12.5. The van der Waals surface area contributed by atoms with E-state index < -0.39 is 6.10 Å². The number of carbonyl (C=O) groups excluding carboxylic acids is 1. The number of carbonyl (C=O) groups is 1. The van der Waals surface area contributed by atoms with Crippen molar-refractivity contribution in [1.82, 2.24) is 14.9 Å². The van der Waals surface area contributed by atoms with Gasteiger partial charge in [0.25, 0.3) is 5.91 Å². The van der Waals surface area contributed by atoms with E-state index in [1.54, 1.807) is 26.1 Å². The highest BCUT2D eigenvalue weighted by atomic mass is 35.5. The normalized spacial score (nSPS) is 12.2. The van der Waals surface area contributed by atoms with Crippen LogP contribution in [0.25, 0.3) is 11.4 Å². The fraction of sp³-hybridized carbons (Fsp3) is 0.375. The molecule has 0 bridgehead atoms. The molecule has 1 heterocycles. The van der Waals surface area contributed by atoms with Crippen molar-refractivity contribution in [3.05, 3.63) is 40.7 Å². The first kappa shape index (κ1) is 17.5. The second kappa shape index (κ2) is 7.59. The summed E-state index contributed by atoms with van der Waals surface area (Å²) in [6, 6.07) is 7.24. The predicted octanol–water partition coefficient (Wildman–Crippen LogP) is 2.12. The lowest BCUT2D eigenvalue weighted by molar-refractivity contribution is 0.0378. The number of halogens is 1. The third kappa shape index (κ3) is 4.31. The SMILES string of the molecule is COCC(O)CN(C)C(=O)c1nc(-c2cccc(Cl)c2)[nH]c1C. The monoisotopic (exact) mass is 337 g/mol. The van der Waals surface area contributed by atoms with Gasteiger partial charge in [-0.25, -0.2) is 4.98 Å². The van der Waals surface area contributed by atoms with Gasteiger partial charge in [-0.15, -0.1) is 0 Å². The molecule has 0 saturated heterocycles. The maximum Gasteiger partial charge on any atom is 0.274 e. The molecule has 2 rings (SSSR count). The standard InChI is InChI=1S/C16H20ClN3O3/c1-10-14(16(22)20(2)8-13(21)9-23-3)19-15(18-10)11-5-4-6-12(17)7-11/h4-7,13,21H,8-9H2,1-3H3,(H,18,19). The van der Waals surface area contributed by atoms with Gasteiger partial charge in [0.1, 0.15) is 11.5 Å². The van der Waals surface area contributed by atoms with Crippen LogP contribution in [-0.2, 0) is 4.74 Å². The Kier molecular flexibility index (Phi) is 5.76. The second-order valence-electron chi connectivity index (χ2n) is 5.36. The highest BCUT2D eigenvalue weighted by Crippen LogP contribution is 2.22. The topological polar surface area (TPSA) is 78.5 Å². The van der Waals surface area contributed by atoms with Gasteiger partial charge < -0.3 is 19.7 Å². The number of imidazole rings is 1. The molecule has 2 N–H and O–H groups in total. The highest BCUT2D eigenvalue weighted by Gasteiger charge is 2.21. The van der Waals surface area contributed by atoms with Crippen LogP contribution in [0.5, 0.6) is 0 Å². The molecule has 2 aromatic rings. The van der Waals surface area contributed by atoms with Crippen molar-refractivity contribution in [1.29, 1.82) is 0 Å². The van der Waals surface area contributed by atoms with Crippen molar-refractivity contribution < 1.29 is 14.6 Å². The number of aromatic nitrogens is 2. The first-order valence-electron chi connectivity index (χ1n) is 7.17. The van der Waals surface area contributed by atoms with E-state index in [2.05, 4.69) is 9.97 Å². The van der Waals surface area contributed by atoms with E-state index in [0.29, 0.717) is 22.2 Å². The van der Waals surface area contributed by atoms with Gasteiger partial charge in [-0.3, -0.25) is 4.79 Å². The molecule has 0 aliphatic heterocycles. The minimum Gasteiger partial charge on any atom is -0.389 e. The molecule has 0 spiro atoms. The number of H-pyrrole nitrogens is 1. The number of aromatic amines is 1. The number of likely N-dealkylation sites (N-methyl/N-ethyl adjacent to an activating group) is 1. The van der Waals surface area contributed by atoms with Crippen LogP contribution in [0.3, 0.4) is 0 Å². The summed E-state index contributed by atoms with van der Waals surface area (Å²) in [5, 5.41) is 10.3. The van der Waals surface area contributed by atoms with Gasteiger partial charge in [0.05, 0.1) is 12.7 Å². The first-order chi connectivity index (χ1) is 10.9. The largest absolute Gasteiger partial charge is 0.389 e. The average molecular weight is 338 g/mol. The molecule has 1 unspecified atom stereocenters. The van der Waals surface area contributed by atoms with Crippen LogP contribution in [0.4, 0.5) is 0 Å². The van der Waals surface area contributed by atoms with Crippen molar-refractivity contribution in [3.63, 3.8) is 0 Å². The Labute approximate surface area is 140 Å². The molecular formula is C16H20ClN3O3. The number of aryl methyl sites for hydroxylation is 1. The van der Waals surface area contributed by atoms with Gasteiger partial charge in [0, 0.05) is 37.0 Å². The van der Waals surface area contributed by atoms with Gasteiger partial charge in [-0.1, -0.05) is 23.7 Å². The van der Waals surface area contributed by atoms with E-state index in [1.165, 1.54) is 12.0 Å². The molecule has 1 atom stereocenters. The Balaban J connectivity index is 2.19. The number of ether oxygens (including phenoxy) is 1. The summed E-state index contributed by atoms with van der Waals surface area (Å²) in [6.07, 6.45) is -0.736. The number of nitrogens with zero attached hydrogens (tertiary/aromatic N) is 2. The molecule has 0 aliphatic rings. The summed E-state index contributed by atoms with van der Waals surface area (Å²) in [4.78, 5) is 21.4. The molecule has 1 amide bonds. The number of aliphatic hydroxyl groups excluding tert-OH is 1. The summed E-state index contributed by atoms with van der Waals surface area (Å²) in [5.74, 6) is 0.321. The maximum atomic E-state index is 12.5. The van der Waals surface area contributed by atoms with E-state index in [1.807, 2.05) is 12.1 Å². The lowest BCUT2D eigenvalue weighted by Crippen LogP contribution is -2.36. The fourth-order valence-electron chi connectivity index (χ4n) is 2.27. The number of amides is 1. The zero-order valence-corrected chi connectivity index (χ0v) is 14.1. The number of aliphatic hydroxyl groups is 1. The third-order valence-electron chi connectivity index (χ3n) is 3.38. The number of methoxy groups -OCH3 is 1. The summed E-state index contributed by atoms with van der Waals surface area (Å²) in [7, 11) is 3.12. The smallest absolute Gasteiger partial charge is 0.274 e. The predicted molar refractivity (Wildman–Crippen MR) is 88.6 cm³/mol. The quantitative estimate of drug-likeness (QED) is 0.846. The van der Waals surface area contributed by atoms with Crippen molar-refractivity contribution >= 4 is 17.5 Å². The second-order valence-corrected chi connectivity index (χ2v) is 5.80. The molecule has 0 saturated carbocycles. The van der Waals surface area contributed by atoms with Crippen molar-refractivity contribution in [2.75, 3.05) is 27.3 Å². The summed E-state index contributed by atoms with van der Waals surface area (Å²) < 4.78 is 4.86. The average Bonchev–Trinajstić information content (AvgIpc) is 2.88. The van der Waals surface area contributed by atoms with E-state index in [0.717, 1.165) is 5.56 Å². The number of hydrogen-bond donors (Lipinski definition) is 2. The Bertz CT molecular complexity index is 687. The minimum atomic E-state index is -0.736. The van der Waals surface area contributed by atoms with Crippen LogP contribution < -0.4 is 0 Å². The van der Waals surface area contributed by atoms with Gasteiger partial charge in [-0.05, 0) is 19.1 Å². The summed E-state index contributed by atoms with van der Waals surface area (Å²) in [6.45, 7) is 2.13. The summed E-state index contributed by atoms with van der Waals surface area (Å²) in [5.41, 5.74) is 1.80. The number of rotatable bonds is 6. The van der Waals surface area contributed by atoms with Gasteiger partial charge >= 0.3 is 0 Å². The first-order valence-corrected chi connectivity index (χ1v) is 7.55. The molecule has 0 aliphatic carbocycles. The third-order valence-corrected chi connectivity index (χ3v) is 3.61. The van der Waals surface area contributed by atoms with Gasteiger partial charge in [-0.2, -0.15) is 0 Å². The molecule has 124 valence electrons. The molecule has 23 heavy (non-hydrogen) atoms. The molecule has 1 aromatic carbocycles. The van der Waals surface area contributed by atoms with Crippen LogP contribution in [0, 0.1) is 6.92 Å². The molecule has 6 nitrogen and oxygen atoms in total. The minimum absolute atomic E-state index is 0.172. The lowest BCUT2D eigenvalue weighted by atomic mass is 10.2. The molecular weight excluding hydrogens is 318 g/mol. The summed E-state index contributed by atoms with van der Waals surface area (Å²) >= 11 is 5.98. The Morgan fingerprint density at radius 1 is 1.52 bits per heavy atom. The van der Waals surface area contributed by atoms with E-state index in [4.69, 9.17) is 16.3 Å². The number of benzene rings is 1. The van der Waals surface area contributed by atoms with Crippen molar-refractivity contribution in [2.24, 2.45) is 0 Å². The fourth-order valence-corrected chi connectivity index (χ4v) is 2.46. The zero-order chi connectivity index (χ0) is 17.0. The number of hydrogen-bond acceptors (Lipinski definition) is 4. The van der Waals surface area contributed by atoms with Crippen LogP contribution >= 0.6 is 11.6 Å². The van der Waals surface area contributed by atoms with Crippen LogP contribution in [0.15, 0.2) is 24.3 Å². The van der Waals surface area contributed by atoms with Crippen molar-refractivity contribution in [3.8, 4) is 11.4 Å². The van der Waals surface area contributed by atoms with Gasteiger partial charge in [0.15, 0.2) is 0 Å². The molecule has 7 heteroatoms. The van der Waals surface area contributed by atoms with Gasteiger partial charge in [0.2, 0.25) is 0 Å². The molecule has 1 aromatic heterocycles. The number of nitrogens with one attached hydrogen (secondary N) is 1. The van der Waals surface area contributed by atoms with Crippen LogP contribution in [-0.4, -0.2) is 59.3 Å². The Morgan fingerprint density at radius 3 is 2.91 bits per heavy atom. The van der Waals surface area contributed by atoms with E-state index >= 15 is 0 Å². The lowest BCUT2D eigenvalue weighted by Gasteiger charge is -2.19. The zero-order valence-electron chi connectivity index (χ0n) is 13.3. The van der Waals surface area contributed by atoms with Crippen LogP contribution in [0.2, 0.25) is 5.02 Å². The van der Waals surface area contributed by atoms with Crippen LogP contribution in [0.1, 0.15) is 16.2 Å². The van der Waals surface area contributed by atoms with E-state index in [-0.39, 0.29) is 19.1 Å². The molecule has 0 fully saturated rings. The van der Waals surface area contributed by atoms with Crippen molar-refractivity contribution in [2.45, 2.75) is 13.0 Å². The Hall–Kier alpha value is -1.89. The Morgan fingerprint density at radius 2 is 2.26 bits per heavy atom. The highest BCUT2D eigenvalue weighted by molar-refractivity contribution is 6.30.